The highest BCUT2D eigenvalue weighted by Crippen LogP contribution is 2.24. The largest absolute Gasteiger partial charge is 0.369 e. The Kier molecular flexibility index (Phi) is 8.53. The average Bonchev–Trinajstić information content (AvgIpc) is 3.13. The van der Waals surface area contributed by atoms with Crippen LogP contribution in [0.25, 0.3) is 0 Å². The van der Waals surface area contributed by atoms with Gasteiger partial charge in [-0.3, -0.25) is 4.99 Å². The summed E-state index contributed by atoms with van der Waals surface area (Å²) in [6, 6.07) is 7.22. The molecule has 1 saturated heterocycles. The molecule has 1 aliphatic rings. The Balaban J connectivity index is 0.00000280. The lowest BCUT2D eigenvalue weighted by Crippen LogP contribution is -2.51. The summed E-state index contributed by atoms with van der Waals surface area (Å²) in [7, 11) is 1.76. The van der Waals surface area contributed by atoms with E-state index in [4.69, 9.17) is 4.52 Å². The summed E-state index contributed by atoms with van der Waals surface area (Å²) in [5.74, 6) is 1.35. The van der Waals surface area contributed by atoms with Crippen LogP contribution < -0.4 is 15.5 Å². The standard InChI is InChI=1S/C20H28FN5O.HI/c1-4-16-11-18(27-25-16)12-23-20(22-3)24-17-6-5-9-26(13-17)19-8-7-15(21)10-14(19)2;/h7-8,10-11,17H,4-6,9,12-13H2,1-3H3,(H2,22,23,24);1H. The quantitative estimate of drug-likeness (QED) is 0.372. The third-order valence-electron chi connectivity index (χ3n) is 4.89. The highest BCUT2D eigenvalue weighted by Gasteiger charge is 2.22. The lowest BCUT2D eigenvalue weighted by Gasteiger charge is -2.36. The number of aromatic nitrogens is 1. The number of nitrogens with zero attached hydrogens (tertiary/aromatic N) is 3. The lowest BCUT2D eigenvalue weighted by molar-refractivity contribution is 0.374. The van der Waals surface area contributed by atoms with Crippen molar-refractivity contribution in [2.75, 3.05) is 25.0 Å². The molecular weight excluding hydrogens is 472 g/mol. The maximum Gasteiger partial charge on any atom is 0.191 e. The van der Waals surface area contributed by atoms with Crippen LogP contribution in [0.4, 0.5) is 10.1 Å². The fourth-order valence-corrected chi connectivity index (χ4v) is 3.45. The highest BCUT2D eigenvalue weighted by atomic mass is 127. The molecule has 6 nitrogen and oxygen atoms in total. The molecule has 1 aliphatic heterocycles. The summed E-state index contributed by atoms with van der Waals surface area (Å²) in [6.07, 6.45) is 3.00. The number of benzene rings is 1. The van der Waals surface area contributed by atoms with Crippen molar-refractivity contribution < 1.29 is 8.91 Å². The SMILES string of the molecule is CCc1cc(CNC(=NC)NC2CCCN(c3ccc(F)cc3C)C2)on1.I. The number of halogens is 2. The van der Waals surface area contributed by atoms with Crippen LogP contribution in [-0.2, 0) is 13.0 Å². The van der Waals surface area contributed by atoms with Gasteiger partial charge in [0, 0.05) is 37.9 Å². The van der Waals surface area contributed by atoms with Gasteiger partial charge in [0.15, 0.2) is 11.7 Å². The van der Waals surface area contributed by atoms with Gasteiger partial charge in [-0.15, -0.1) is 24.0 Å². The number of aliphatic imine (C=N–C) groups is 1. The number of piperidine rings is 1. The van der Waals surface area contributed by atoms with E-state index in [0.29, 0.717) is 6.54 Å². The normalized spacial score (nSPS) is 17.2. The maximum absolute atomic E-state index is 13.4. The van der Waals surface area contributed by atoms with Gasteiger partial charge in [-0.1, -0.05) is 12.1 Å². The van der Waals surface area contributed by atoms with E-state index in [0.717, 1.165) is 61.0 Å². The van der Waals surface area contributed by atoms with Crippen molar-refractivity contribution in [1.29, 1.82) is 0 Å². The fraction of sp³-hybridized carbons (Fsp3) is 0.500. The molecule has 0 spiro atoms. The van der Waals surface area contributed by atoms with Crippen LogP contribution in [0.15, 0.2) is 33.8 Å². The van der Waals surface area contributed by atoms with Gasteiger partial charge in [-0.05, 0) is 49.9 Å². The van der Waals surface area contributed by atoms with Crippen LogP contribution in [0.1, 0.15) is 36.8 Å². The van der Waals surface area contributed by atoms with Crippen LogP contribution in [-0.4, -0.2) is 37.3 Å². The van der Waals surface area contributed by atoms with Crippen molar-refractivity contribution in [2.24, 2.45) is 4.99 Å². The van der Waals surface area contributed by atoms with E-state index >= 15 is 0 Å². The first-order valence-electron chi connectivity index (χ1n) is 9.51. The number of rotatable bonds is 5. The molecule has 1 atom stereocenters. The van der Waals surface area contributed by atoms with Crippen molar-refractivity contribution in [3.8, 4) is 0 Å². The van der Waals surface area contributed by atoms with E-state index in [-0.39, 0.29) is 35.8 Å². The van der Waals surface area contributed by atoms with Crippen molar-refractivity contribution in [3.63, 3.8) is 0 Å². The number of hydrogen-bond acceptors (Lipinski definition) is 4. The first-order valence-corrected chi connectivity index (χ1v) is 9.51. The average molecular weight is 501 g/mol. The van der Waals surface area contributed by atoms with Crippen LogP contribution in [0.3, 0.4) is 0 Å². The monoisotopic (exact) mass is 501 g/mol. The predicted octanol–water partition coefficient (Wildman–Crippen LogP) is 3.64. The lowest BCUT2D eigenvalue weighted by atomic mass is 10.0. The molecule has 3 rings (SSSR count). The second-order valence-corrected chi connectivity index (χ2v) is 6.92. The zero-order chi connectivity index (χ0) is 19.2. The molecule has 154 valence electrons. The first kappa shape index (κ1) is 22.4. The van der Waals surface area contributed by atoms with Gasteiger partial charge in [-0.2, -0.15) is 0 Å². The molecule has 0 saturated carbocycles. The maximum atomic E-state index is 13.4. The van der Waals surface area contributed by atoms with Crippen molar-refractivity contribution in [2.45, 2.75) is 45.7 Å². The first-order chi connectivity index (χ1) is 13.1. The number of anilines is 1. The third kappa shape index (κ3) is 5.83. The van der Waals surface area contributed by atoms with Gasteiger partial charge >= 0.3 is 0 Å². The van der Waals surface area contributed by atoms with Crippen LogP contribution in [0.5, 0.6) is 0 Å². The molecule has 2 heterocycles. The summed E-state index contributed by atoms with van der Waals surface area (Å²) in [6.45, 7) is 6.38. The minimum atomic E-state index is -0.189. The molecule has 8 heteroatoms. The summed E-state index contributed by atoms with van der Waals surface area (Å²) >= 11 is 0. The Morgan fingerprint density at radius 3 is 2.89 bits per heavy atom. The van der Waals surface area contributed by atoms with Gasteiger partial charge in [0.25, 0.3) is 0 Å². The molecule has 2 aromatic rings. The Bertz CT molecular complexity index is 795. The van der Waals surface area contributed by atoms with Gasteiger partial charge in [0.1, 0.15) is 5.82 Å². The minimum Gasteiger partial charge on any atom is -0.369 e. The van der Waals surface area contributed by atoms with E-state index in [1.165, 1.54) is 6.07 Å². The molecule has 1 fully saturated rings. The fourth-order valence-electron chi connectivity index (χ4n) is 3.45. The number of hydrogen-bond donors (Lipinski definition) is 2. The van der Waals surface area contributed by atoms with Crippen LogP contribution in [0, 0.1) is 12.7 Å². The van der Waals surface area contributed by atoms with Crippen LogP contribution >= 0.6 is 24.0 Å². The number of nitrogens with one attached hydrogen (secondary N) is 2. The molecule has 0 amide bonds. The summed E-state index contributed by atoms with van der Waals surface area (Å²) in [4.78, 5) is 6.63. The van der Waals surface area contributed by atoms with E-state index in [2.05, 4.69) is 25.7 Å². The Hall–Kier alpha value is -1.84. The number of guanidine groups is 1. The van der Waals surface area contributed by atoms with Crippen molar-refractivity contribution >= 4 is 35.6 Å². The molecular formula is C20H29FIN5O. The second kappa shape index (κ2) is 10.6. The molecule has 0 bridgehead atoms. The third-order valence-corrected chi connectivity index (χ3v) is 4.89. The Labute approximate surface area is 183 Å². The Morgan fingerprint density at radius 1 is 1.39 bits per heavy atom. The zero-order valence-corrected chi connectivity index (χ0v) is 19.0. The molecule has 28 heavy (non-hydrogen) atoms. The molecule has 1 aromatic heterocycles. The van der Waals surface area contributed by atoms with Gasteiger partial charge in [0.2, 0.25) is 0 Å². The van der Waals surface area contributed by atoms with Gasteiger partial charge < -0.3 is 20.1 Å². The zero-order valence-electron chi connectivity index (χ0n) is 16.7. The van der Waals surface area contributed by atoms with E-state index in [1.807, 2.05) is 26.0 Å². The molecule has 0 radical (unpaired) electrons. The van der Waals surface area contributed by atoms with Gasteiger partial charge in [0.05, 0.1) is 12.2 Å². The highest BCUT2D eigenvalue weighted by molar-refractivity contribution is 14.0. The molecule has 2 N–H and O–H groups in total. The summed E-state index contributed by atoms with van der Waals surface area (Å²) in [5, 5.41) is 10.8. The predicted molar refractivity (Wildman–Crippen MR) is 121 cm³/mol. The summed E-state index contributed by atoms with van der Waals surface area (Å²) in [5.41, 5.74) is 3.02. The van der Waals surface area contributed by atoms with Crippen molar-refractivity contribution in [3.05, 3.63) is 47.1 Å². The number of aryl methyl sites for hydroxylation is 2. The topological polar surface area (TPSA) is 65.7 Å². The summed E-state index contributed by atoms with van der Waals surface area (Å²) < 4.78 is 18.7. The minimum absolute atomic E-state index is 0. The second-order valence-electron chi connectivity index (χ2n) is 6.92. The van der Waals surface area contributed by atoms with E-state index < -0.39 is 0 Å². The smallest absolute Gasteiger partial charge is 0.191 e. The van der Waals surface area contributed by atoms with E-state index in [1.54, 1.807) is 13.1 Å². The molecule has 0 aliphatic carbocycles. The van der Waals surface area contributed by atoms with E-state index in [9.17, 15) is 4.39 Å². The van der Waals surface area contributed by atoms with Crippen LogP contribution in [0.2, 0.25) is 0 Å². The molecule has 1 unspecified atom stereocenters. The van der Waals surface area contributed by atoms with Gasteiger partial charge in [-0.25, -0.2) is 4.39 Å². The van der Waals surface area contributed by atoms with Crippen molar-refractivity contribution in [1.82, 2.24) is 15.8 Å². The molecule has 1 aromatic carbocycles. The Morgan fingerprint density at radius 2 is 2.21 bits per heavy atom.